The maximum absolute atomic E-state index is 13.0. The summed E-state index contributed by atoms with van der Waals surface area (Å²) < 4.78 is 36.5. The van der Waals surface area contributed by atoms with E-state index in [0.717, 1.165) is 27.6 Å². The second-order valence-electron chi connectivity index (χ2n) is 9.95. The molecule has 0 aliphatic heterocycles. The zero-order chi connectivity index (χ0) is 31.7. The fourth-order valence-electron chi connectivity index (χ4n) is 4.48. The van der Waals surface area contributed by atoms with Gasteiger partial charge in [-0.1, -0.05) is 18.2 Å². The molecule has 0 unspecified atom stereocenters. The number of amides is 1. The first-order valence-corrected chi connectivity index (χ1v) is 15.5. The largest absolute Gasteiger partial charge is 0.497 e. The summed E-state index contributed by atoms with van der Waals surface area (Å²) in [6, 6.07) is 16.8. The Hall–Kier alpha value is -4.30. The van der Waals surface area contributed by atoms with Crippen LogP contribution in [0.25, 0.3) is 33.3 Å². The van der Waals surface area contributed by atoms with Crippen LogP contribution in [0.5, 0.6) is 5.75 Å². The summed E-state index contributed by atoms with van der Waals surface area (Å²) in [6.45, 7) is 4.23. The lowest BCUT2D eigenvalue weighted by Gasteiger charge is -2.16. The number of likely N-dealkylation sites (N-methyl/N-ethyl adjacent to an activating group) is 1. The van der Waals surface area contributed by atoms with Crippen LogP contribution in [0.1, 0.15) is 19.4 Å². The first-order valence-electron chi connectivity index (χ1n) is 14.0. The van der Waals surface area contributed by atoms with Crippen molar-refractivity contribution < 1.29 is 27.7 Å². The monoisotopic (exact) mass is 617 g/mol. The summed E-state index contributed by atoms with van der Waals surface area (Å²) in [7, 11) is 1.63. The van der Waals surface area contributed by atoms with E-state index < -0.39 is 7.82 Å². The molecule has 0 fully saturated rings. The number of methoxy groups -OCH3 is 1. The van der Waals surface area contributed by atoms with Crippen molar-refractivity contribution in [3.05, 3.63) is 78.6 Å². The first kappa shape index (κ1) is 32.6. The Kier molecular flexibility index (Phi) is 11.1. The van der Waals surface area contributed by atoms with Crippen molar-refractivity contribution in [3.63, 3.8) is 0 Å². The van der Waals surface area contributed by atoms with E-state index in [1.54, 1.807) is 56.0 Å². The molecule has 0 atom stereocenters. The summed E-state index contributed by atoms with van der Waals surface area (Å²) in [5.41, 5.74) is 4.76. The molecule has 12 heteroatoms. The summed E-state index contributed by atoms with van der Waals surface area (Å²) >= 11 is 0. The third kappa shape index (κ3) is 8.20. The second kappa shape index (κ2) is 14.9. The highest BCUT2D eigenvalue weighted by Crippen LogP contribution is 2.49. The molecule has 0 aliphatic rings. The molecule has 4 aromatic rings. The molecule has 4 rings (SSSR count). The minimum absolute atomic E-state index is 0.144. The molecule has 2 aromatic heterocycles. The number of nitrogens with zero attached hydrogens (tertiary/aromatic N) is 4. The summed E-state index contributed by atoms with van der Waals surface area (Å²) in [5.74, 6) is 0.304. The van der Waals surface area contributed by atoms with E-state index in [4.69, 9.17) is 23.3 Å². The van der Waals surface area contributed by atoms with E-state index in [2.05, 4.69) is 11.4 Å². The van der Waals surface area contributed by atoms with Gasteiger partial charge in [0.1, 0.15) is 18.1 Å². The van der Waals surface area contributed by atoms with Crippen molar-refractivity contribution in [1.82, 2.24) is 14.5 Å². The number of anilines is 1. The highest BCUT2D eigenvalue weighted by Gasteiger charge is 2.26. The molecule has 0 saturated heterocycles. The lowest BCUT2D eigenvalue weighted by atomic mass is 10.0. The van der Waals surface area contributed by atoms with Crippen LogP contribution in [-0.2, 0) is 29.7 Å². The number of aromatic nitrogens is 2. The third-order valence-corrected chi connectivity index (χ3v) is 8.01. The zero-order valence-corrected chi connectivity index (χ0v) is 26.3. The van der Waals surface area contributed by atoms with Gasteiger partial charge in [0.05, 0.1) is 32.0 Å². The van der Waals surface area contributed by atoms with Crippen LogP contribution in [0.4, 0.5) is 5.69 Å². The number of ether oxygens (including phenoxy) is 1. The van der Waals surface area contributed by atoms with Gasteiger partial charge in [0.25, 0.3) is 0 Å². The number of hydrogen-bond acceptors (Lipinski definition) is 9. The summed E-state index contributed by atoms with van der Waals surface area (Å²) in [6.07, 6.45) is 6.82. The molecule has 1 N–H and O–H groups in total. The van der Waals surface area contributed by atoms with Crippen molar-refractivity contribution in [1.29, 1.82) is 5.26 Å². The molecule has 0 radical (unpaired) electrons. The number of nitriles is 1. The molecule has 0 aliphatic carbocycles. The van der Waals surface area contributed by atoms with Gasteiger partial charge in [0.2, 0.25) is 5.91 Å². The second-order valence-corrected chi connectivity index (χ2v) is 11.6. The Bertz CT molecular complexity index is 1730. The number of phosphoric ester groups is 1. The molecule has 2 heterocycles. The smallest absolute Gasteiger partial charge is 0.476 e. The number of rotatable bonds is 14. The Labute approximate surface area is 257 Å². The molecule has 230 valence electrons. The molecule has 1 amide bonds. The fourth-order valence-corrected chi connectivity index (χ4v) is 5.61. The highest BCUT2D eigenvalue weighted by atomic mass is 31.2. The van der Waals surface area contributed by atoms with E-state index in [9.17, 15) is 14.6 Å². The van der Waals surface area contributed by atoms with Crippen molar-refractivity contribution in [2.24, 2.45) is 0 Å². The van der Waals surface area contributed by atoms with Crippen LogP contribution in [-0.4, -0.2) is 61.3 Å². The predicted octanol–water partition coefficient (Wildman–Crippen LogP) is 6.46. The quantitative estimate of drug-likeness (QED) is 0.125. The maximum atomic E-state index is 13.0. The number of carbonyl (C=O) groups excluding carboxylic acids is 1. The average molecular weight is 618 g/mol. The molecule has 0 saturated carbocycles. The number of nitrogens with one attached hydrogen (secondary N) is 1. The van der Waals surface area contributed by atoms with Crippen LogP contribution in [0.2, 0.25) is 0 Å². The maximum Gasteiger partial charge on any atom is 0.476 e. The Balaban J connectivity index is 1.77. The number of pyridine rings is 1. The Morgan fingerprint density at radius 1 is 1.07 bits per heavy atom. The minimum Gasteiger partial charge on any atom is -0.497 e. The number of fused-ring (bicyclic) bond motifs is 1. The lowest BCUT2D eigenvalue weighted by molar-refractivity contribution is -0.111. The normalized spacial score (nSPS) is 11.8. The van der Waals surface area contributed by atoms with Crippen molar-refractivity contribution in [3.8, 4) is 34.1 Å². The third-order valence-electron chi connectivity index (χ3n) is 6.43. The van der Waals surface area contributed by atoms with Gasteiger partial charge in [-0.2, -0.15) is 5.26 Å². The molecular formula is C32H36N5O6P. The topological polar surface area (TPSA) is 128 Å². The number of benzene rings is 2. The van der Waals surface area contributed by atoms with E-state index in [-0.39, 0.29) is 25.9 Å². The van der Waals surface area contributed by atoms with Gasteiger partial charge in [-0.3, -0.25) is 18.4 Å². The molecule has 2 aromatic carbocycles. The lowest BCUT2D eigenvalue weighted by Crippen LogP contribution is -2.13. The van der Waals surface area contributed by atoms with E-state index >= 15 is 0 Å². The molecule has 44 heavy (non-hydrogen) atoms. The summed E-state index contributed by atoms with van der Waals surface area (Å²) in [5, 5.41) is 13.2. The average Bonchev–Trinajstić information content (AvgIpc) is 3.38. The van der Waals surface area contributed by atoms with Crippen LogP contribution in [0.3, 0.4) is 0 Å². The number of phosphoric acid groups is 1. The standard InChI is InChI=1S/C32H36N5O6P/c1-6-41-44(39,42-7-2)43-22-37-21-30(24-11-8-10-23(14-24)19-33)29-17-26(20-34-32(29)37)25-15-27(18-28(16-25)40-5)35-31(38)12-9-13-36(3)4/h8-12,14-18,20-21H,6-7,13,22H2,1-5H3,(H,35,38)/b12-9+. The van der Waals surface area contributed by atoms with Gasteiger partial charge in [0.15, 0.2) is 0 Å². The van der Waals surface area contributed by atoms with Crippen LogP contribution >= 0.6 is 7.82 Å². The molecule has 0 bridgehead atoms. The van der Waals surface area contributed by atoms with Gasteiger partial charge in [-0.15, -0.1) is 0 Å². The molecule has 0 spiro atoms. The van der Waals surface area contributed by atoms with Gasteiger partial charge >= 0.3 is 7.82 Å². The van der Waals surface area contributed by atoms with Crippen LogP contribution < -0.4 is 10.1 Å². The Morgan fingerprint density at radius 3 is 2.52 bits per heavy atom. The van der Waals surface area contributed by atoms with Gasteiger partial charge in [0, 0.05) is 53.3 Å². The minimum atomic E-state index is -3.78. The van der Waals surface area contributed by atoms with Gasteiger partial charge < -0.3 is 19.5 Å². The Morgan fingerprint density at radius 2 is 1.84 bits per heavy atom. The van der Waals surface area contributed by atoms with Crippen molar-refractivity contribution >= 4 is 30.5 Å². The SMILES string of the molecule is CCOP(=O)(OCC)OCn1cc(-c2cccc(C#N)c2)c2cc(-c3cc(NC(=O)/C=C/CN(C)C)cc(OC)c3)cnc21. The zero-order valence-electron chi connectivity index (χ0n) is 25.4. The first-order chi connectivity index (χ1) is 21.2. The number of hydrogen-bond donors (Lipinski definition) is 1. The summed E-state index contributed by atoms with van der Waals surface area (Å²) in [4.78, 5) is 19.2. The molecule has 11 nitrogen and oxygen atoms in total. The van der Waals surface area contributed by atoms with Crippen LogP contribution in [0.15, 0.2) is 73.1 Å². The van der Waals surface area contributed by atoms with E-state index in [1.165, 1.54) is 6.08 Å². The van der Waals surface area contributed by atoms with Gasteiger partial charge in [-0.05, 0) is 69.4 Å². The van der Waals surface area contributed by atoms with Crippen molar-refractivity contribution in [2.45, 2.75) is 20.6 Å². The number of carbonyl (C=O) groups is 1. The molecular weight excluding hydrogens is 581 g/mol. The van der Waals surface area contributed by atoms with Crippen LogP contribution in [0, 0.1) is 11.3 Å². The highest BCUT2D eigenvalue weighted by molar-refractivity contribution is 7.48. The fraction of sp³-hybridized carbons (Fsp3) is 0.281. The van der Waals surface area contributed by atoms with Crippen molar-refractivity contribution in [2.75, 3.05) is 46.3 Å². The van der Waals surface area contributed by atoms with E-state index in [0.29, 0.717) is 29.2 Å². The predicted molar refractivity (Wildman–Crippen MR) is 170 cm³/mol. The van der Waals surface area contributed by atoms with E-state index in [1.807, 2.05) is 55.5 Å². The van der Waals surface area contributed by atoms with Gasteiger partial charge in [-0.25, -0.2) is 9.55 Å².